The number of allylic oxidation sites excluding steroid dienone is 1. The normalized spacial score (nSPS) is 13.5. The second kappa shape index (κ2) is 12.5. The Morgan fingerprint density at radius 1 is 1.05 bits per heavy atom. The van der Waals surface area contributed by atoms with Crippen LogP contribution in [0.1, 0.15) is 73.6 Å². The summed E-state index contributed by atoms with van der Waals surface area (Å²) in [5.74, 6) is -0.679. The number of piperidine rings is 1. The smallest absolute Gasteiger partial charge is 0.265 e. The number of nitrogens with zero attached hydrogens (tertiary/aromatic N) is 3. The highest BCUT2D eigenvalue weighted by Crippen LogP contribution is 2.32. The first-order valence-electron chi connectivity index (χ1n) is 14.0. The van der Waals surface area contributed by atoms with E-state index in [1.807, 2.05) is 25.7 Å². The summed E-state index contributed by atoms with van der Waals surface area (Å²) >= 11 is 1.23. The molecule has 0 aliphatic carbocycles. The maximum Gasteiger partial charge on any atom is 0.265 e. The quantitative estimate of drug-likeness (QED) is 0.217. The summed E-state index contributed by atoms with van der Waals surface area (Å²) in [4.78, 5) is 34.9. The minimum atomic E-state index is -2.57. The first-order chi connectivity index (χ1) is 20.2. The van der Waals surface area contributed by atoms with Crippen LogP contribution < -0.4 is 5.56 Å². The molecule has 1 aliphatic heterocycles. The molecule has 9 heteroatoms. The molecule has 0 saturated carbocycles. The molecule has 1 saturated heterocycles. The number of carbonyl (C=O) groups is 1. The predicted octanol–water partition coefficient (Wildman–Crippen LogP) is 8.32. The Hall–Kier alpha value is -3.98. The molecule has 5 nitrogen and oxygen atoms in total. The number of hydrogen-bond acceptors (Lipinski definition) is 4. The molecule has 1 amide bonds. The average molecular weight is 592 g/mol. The highest BCUT2D eigenvalue weighted by molar-refractivity contribution is 7.13. The number of aryl methyl sites for hydroxylation is 1. The summed E-state index contributed by atoms with van der Waals surface area (Å²) in [6, 6.07) is 11.8. The molecule has 5 rings (SSSR count). The fourth-order valence-electron chi connectivity index (χ4n) is 5.25. The maximum atomic E-state index is 14.7. The number of thiazole rings is 1. The number of likely N-dealkylation sites (tertiary alicyclic amines) is 1. The number of aromatic nitrogens is 2. The number of benzene rings is 2. The molecular weight excluding hydrogens is 559 g/mol. The van der Waals surface area contributed by atoms with Crippen LogP contribution in [0.15, 0.2) is 64.3 Å². The van der Waals surface area contributed by atoms with E-state index < -0.39 is 17.8 Å². The van der Waals surface area contributed by atoms with Gasteiger partial charge in [0.2, 0.25) is 0 Å². The van der Waals surface area contributed by atoms with E-state index in [0.29, 0.717) is 52.7 Å². The van der Waals surface area contributed by atoms with Crippen molar-refractivity contribution in [1.29, 1.82) is 0 Å². The minimum absolute atomic E-state index is 0.0883. The van der Waals surface area contributed by atoms with Crippen molar-refractivity contribution in [3.05, 3.63) is 98.0 Å². The van der Waals surface area contributed by atoms with Gasteiger partial charge in [-0.1, -0.05) is 42.8 Å². The Balaban J connectivity index is 1.76. The predicted molar refractivity (Wildman–Crippen MR) is 162 cm³/mol. The van der Waals surface area contributed by atoms with E-state index >= 15 is 0 Å². The van der Waals surface area contributed by atoms with E-state index in [4.69, 9.17) is 0 Å². The van der Waals surface area contributed by atoms with Gasteiger partial charge in [0.25, 0.3) is 17.9 Å². The molecule has 1 aliphatic rings. The molecule has 2 aromatic heterocycles. The van der Waals surface area contributed by atoms with Crippen molar-refractivity contribution in [2.45, 2.75) is 52.9 Å². The van der Waals surface area contributed by atoms with Gasteiger partial charge in [-0.2, -0.15) is 0 Å². The molecule has 1 fully saturated rings. The van der Waals surface area contributed by atoms with Crippen LogP contribution in [0.5, 0.6) is 0 Å². The summed E-state index contributed by atoms with van der Waals surface area (Å²) in [5.41, 5.74) is 3.62. The third kappa shape index (κ3) is 5.97. The van der Waals surface area contributed by atoms with Crippen molar-refractivity contribution >= 4 is 23.3 Å². The fourth-order valence-corrected chi connectivity index (χ4v) is 6.09. The van der Waals surface area contributed by atoms with Crippen LogP contribution in [0.3, 0.4) is 0 Å². The second-order valence-corrected chi connectivity index (χ2v) is 11.5. The molecule has 0 bridgehead atoms. The number of alkyl halides is 2. The summed E-state index contributed by atoms with van der Waals surface area (Å²) in [5, 5.41) is 2.14. The highest BCUT2D eigenvalue weighted by atomic mass is 32.1. The second-order valence-electron chi connectivity index (χ2n) is 10.7. The number of hydrogen-bond donors (Lipinski definition) is 0. The van der Waals surface area contributed by atoms with Gasteiger partial charge in [0.05, 0.1) is 28.2 Å². The zero-order valence-corrected chi connectivity index (χ0v) is 24.6. The van der Waals surface area contributed by atoms with Crippen LogP contribution in [-0.2, 0) is 6.42 Å². The van der Waals surface area contributed by atoms with Crippen molar-refractivity contribution in [2.24, 2.45) is 0 Å². The zero-order valence-electron chi connectivity index (χ0n) is 23.8. The van der Waals surface area contributed by atoms with Crippen LogP contribution >= 0.6 is 11.3 Å². The van der Waals surface area contributed by atoms with Crippen LogP contribution in [0.2, 0.25) is 0 Å². The fraction of sp³-hybridized carbons (Fsp3) is 0.303. The molecule has 2 aromatic carbocycles. The summed E-state index contributed by atoms with van der Waals surface area (Å²) < 4.78 is 42.3. The lowest BCUT2D eigenvalue weighted by Crippen LogP contribution is -2.37. The number of amides is 1. The Morgan fingerprint density at radius 2 is 1.76 bits per heavy atom. The molecule has 0 radical (unpaired) electrons. The van der Waals surface area contributed by atoms with E-state index in [1.165, 1.54) is 40.2 Å². The summed E-state index contributed by atoms with van der Waals surface area (Å²) in [6.07, 6.45) is 2.63. The number of halogens is 3. The van der Waals surface area contributed by atoms with Gasteiger partial charge in [0.1, 0.15) is 10.8 Å². The van der Waals surface area contributed by atoms with E-state index in [1.54, 1.807) is 35.7 Å². The minimum Gasteiger partial charge on any atom is -0.339 e. The lowest BCUT2D eigenvalue weighted by atomic mass is 10.0. The van der Waals surface area contributed by atoms with Gasteiger partial charge in [-0.25, -0.2) is 18.2 Å². The molecule has 4 aromatic rings. The molecule has 0 N–H and O–H groups in total. The Labute approximate surface area is 247 Å². The van der Waals surface area contributed by atoms with Gasteiger partial charge < -0.3 is 4.90 Å². The van der Waals surface area contributed by atoms with Crippen molar-refractivity contribution in [1.82, 2.24) is 14.5 Å². The van der Waals surface area contributed by atoms with Gasteiger partial charge in [-0.3, -0.25) is 14.2 Å². The Kier molecular flexibility index (Phi) is 8.77. The van der Waals surface area contributed by atoms with E-state index in [0.717, 1.165) is 30.4 Å². The molecule has 0 unspecified atom stereocenters. The summed E-state index contributed by atoms with van der Waals surface area (Å²) in [7, 11) is 0. The van der Waals surface area contributed by atoms with Crippen LogP contribution in [0, 0.1) is 5.82 Å². The van der Waals surface area contributed by atoms with E-state index in [9.17, 15) is 22.8 Å². The van der Waals surface area contributed by atoms with Crippen molar-refractivity contribution in [2.75, 3.05) is 13.1 Å². The standard InChI is InChI=1S/C33H32F3N3O2S/c1-4-21-12-13-24(34)17-28(21)39-29(16-20(2)3)25(32(40)38-14-6-5-7-15-38)18-26(33(39)41)31-37-27(19-42-31)22-8-10-23(11-9-22)30(35)36/h8-13,16-19,30H,4-7,14-15H2,1-3H3. The van der Waals surface area contributed by atoms with Gasteiger partial charge in [0.15, 0.2) is 0 Å². The van der Waals surface area contributed by atoms with E-state index in [2.05, 4.69) is 4.98 Å². The highest BCUT2D eigenvalue weighted by Gasteiger charge is 2.27. The van der Waals surface area contributed by atoms with Crippen molar-refractivity contribution < 1.29 is 18.0 Å². The topological polar surface area (TPSA) is 55.2 Å². The molecule has 0 spiro atoms. The largest absolute Gasteiger partial charge is 0.339 e. The SMILES string of the molecule is CCc1ccc(F)cc1-n1c(C=C(C)C)c(C(=O)N2CCCCC2)cc(-c2nc(-c3ccc(C(F)F)cc3)cs2)c1=O. The van der Waals surface area contributed by atoms with Gasteiger partial charge in [-0.05, 0) is 69.4 Å². The monoisotopic (exact) mass is 591 g/mol. The van der Waals surface area contributed by atoms with Crippen LogP contribution in [-0.4, -0.2) is 33.4 Å². The molecular formula is C33H32F3N3O2S. The lowest BCUT2D eigenvalue weighted by Gasteiger charge is -2.28. The molecule has 0 atom stereocenters. The molecule has 42 heavy (non-hydrogen) atoms. The lowest BCUT2D eigenvalue weighted by molar-refractivity contribution is 0.0723. The Bertz CT molecular complexity index is 1700. The number of pyridine rings is 1. The van der Waals surface area contributed by atoms with Crippen LogP contribution in [0.4, 0.5) is 13.2 Å². The zero-order chi connectivity index (χ0) is 30.0. The third-order valence-electron chi connectivity index (χ3n) is 7.40. The first kappa shape index (κ1) is 29.5. The third-order valence-corrected chi connectivity index (χ3v) is 8.28. The van der Waals surface area contributed by atoms with Crippen molar-refractivity contribution in [3.63, 3.8) is 0 Å². The Morgan fingerprint density at radius 3 is 2.40 bits per heavy atom. The first-order valence-corrected chi connectivity index (χ1v) is 14.9. The van der Waals surface area contributed by atoms with Crippen molar-refractivity contribution in [3.8, 4) is 27.5 Å². The molecule has 218 valence electrons. The van der Waals surface area contributed by atoms with Crippen LogP contribution in [0.25, 0.3) is 33.6 Å². The number of rotatable bonds is 7. The maximum absolute atomic E-state index is 14.7. The average Bonchev–Trinajstić information content (AvgIpc) is 3.47. The van der Waals surface area contributed by atoms with Gasteiger partial charge in [-0.15, -0.1) is 11.3 Å². The van der Waals surface area contributed by atoms with Gasteiger partial charge >= 0.3 is 0 Å². The number of carbonyl (C=O) groups excluding carboxylic acids is 1. The van der Waals surface area contributed by atoms with Gasteiger partial charge in [0, 0.05) is 29.6 Å². The summed E-state index contributed by atoms with van der Waals surface area (Å²) in [6.45, 7) is 6.95. The molecule has 3 heterocycles. The van der Waals surface area contributed by atoms with E-state index in [-0.39, 0.29) is 17.0 Å².